The summed E-state index contributed by atoms with van der Waals surface area (Å²) < 4.78 is 0. The highest BCUT2D eigenvalue weighted by molar-refractivity contribution is 5.80. The maximum absolute atomic E-state index is 11.9. The van der Waals surface area contributed by atoms with Gasteiger partial charge in [-0.3, -0.25) is 4.79 Å². The molecule has 2 rings (SSSR count). The van der Waals surface area contributed by atoms with E-state index in [2.05, 4.69) is 12.2 Å². The van der Waals surface area contributed by atoms with Crippen molar-refractivity contribution in [3.63, 3.8) is 0 Å². The Bertz CT molecular complexity index is 240. The average Bonchev–Trinajstić information content (AvgIpc) is 2.99. The van der Waals surface area contributed by atoms with Gasteiger partial charge in [0.15, 0.2) is 0 Å². The van der Waals surface area contributed by atoms with Crippen molar-refractivity contribution in [1.29, 1.82) is 0 Å². The summed E-state index contributed by atoms with van der Waals surface area (Å²) in [6.45, 7) is 2.35. The monoisotopic (exact) mass is 211 g/mol. The second-order valence-electron chi connectivity index (χ2n) is 5.38. The molecule has 0 radical (unpaired) electrons. The molecule has 2 aliphatic rings. The van der Waals surface area contributed by atoms with Crippen LogP contribution in [0.4, 0.5) is 0 Å². The van der Waals surface area contributed by atoms with Crippen molar-refractivity contribution in [2.75, 3.05) is 6.61 Å². The molecular formula is C12H21NO2. The van der Waals surface area contributed by atoms with Crippen LogP contribution in [0.25, 0.3) is 0 Å². The van der Waals surface area contributed by atoms with E-state index in [1.807, 2.05) is 0 Å². The third kappa shape index (κ3) is 2.51. The van der Waals surface area contributed by atoms with Gasteiger partial charge in [0, 0.05) is 5.92 Å². The highest BCUT2D eigenvalue weighted by Gasteiger charge is 2.44. The third-order valence-corrected chi connectivity index (χ3v) is 3.93. The van der Waals surface area contributed by atoms with E-state index >= 15 is 0 Å². The number of aliphatic hydroxyl groups excluding tert-OH is 1. The molecule has 0 aromatic rings. The van der Waals surface area contributed by atoms with Crippen LogP contribution in [0.3, 0.4) is 0 Å². The lowest BCUT2D eigenvalue weighted by atomic mass is 9.82. The van der Waals surface area contributed by atoms with Crippen molar-refractivity contribution >= 4 is 5.91 Å². The molecule has 2 aliphatic carbocycles. The maximum Gasteiger partial charge on any atom is 0.223 e. The van der Waals surface area contributed by atoms with E-state index in [9.17, 15) is 4.79 Å². The van der Waals surface area contributed by atoms with Crippen molar-refractivity contribution < 1.29 is 9.90 Å². The number of hydrogen-bond acceptors (Lipinski definition) is 2. The lowest BCUT2D eigenvalue weighted by Gasteiger charge is -2.27. The van der Waals surface area contributed by atoms with Crippen LogP contribution in [0.15, 0.2) is 0 Å². The van der Waals surface area contributed by atoms with Crippen molar-refractivity contribution in [3.05, 3.63) is 0 Å². The van der Waals surface area contributed by atoms with Gasteiger partial charge in [-0.15, -0.1) is 0 Å². The fourth-order valence-electron chi connectivity index (χ4n) is 2.36. The fourth-order valence-corrected chi connectivity index (χ4v) is 2.36. The summed E-state index contributed by atoms with van der Waals surface area (Å²) in [6.07, 6.45) is 6.27. The van der Waals surface area contributed by atoms with Crippen LogP contribution in [-0.4, -0.2) is 23.2 Å². The minimum absolute atomic E-state index is 0.0991. The molecule has 0 aromatic carbocycles. The van der Waals surface area contributed by atoms with Gasteiger partial charge >= 0.3 is 0 Å². The molecule has 2 fully saturated rings. The van der Waals surface area contributed by atoms with E-state index in [0.717, 1.165) is 31.6 Å². The van der Waals surface area contributed by atoms with Gasteiger partial charge < -0.3 is 10.4 Å². The first-order chi connectivity index (χ1) is 7.15. The van der Waals surface area contributed by atoms with Gasteiger partial charge in [0.2, 0.25) is 5.91 Å². The van der Waals surface area contributed by atoms with E-state index in [4.69, 9.17) is 5.11 Å². The van der Waals surface area contributed by atoms with Gasteiger partial charge in [0.05, 0.1) is 12.1 Å². The van der Waals surface area contributed by atoms with E-state index in [-0.39, 0.29) is 24.0 Å². The Balaban J connectivity index is 1.81. The molecular weight excluding hydrogens is 190 g/mol. The van der Waals surface area contributed by atoms with Crippen molar-refractivity contribution in [2.45, 2.75) is 51.0 Å². The smallest absolute Gasteiger partial charge is 0.223 e. The predicted octanol–water partition coefficient (Wildman–Crippen LogP) is 1.45. The first-order valence-electron chi connectivity index (χ1n) is 6.08. The lowest BCUT2D eigenvalue weighted by Crippen LogP contribution is -2.43. The zero-order chi connectivity index (χ0) is 10.9. The summed E-state index contributed by atoms with van der Waals surface area (Å²) in [6, 6.07) is 0. The van der Waals surface area contributed by atoms with Crippen LogP contribution in [0.1, 0.15) is 45.4 Å². The molecule has 15 heavy (non-hydrogen) atoms. The van der Waals surface area contributed by atoms with E-state index < -0.39 is 0 Å². The second-order valence-corrected chi connectivity index (χ2v) is 5.38. The average molecular weight is 211 g/mol. The standard InChI is InChI=1S/C12H21NO2/c1-9-2-4-10(5-3-9)11(15)13-12(8-14)6-7-12/h9-10,14H,2-8H2,1H3,(H,13,15). The number of hydrogen-bond donors (Lipinski definition) is 2. The number of carbonyl (C=O) groups is 1. The highest BCUT2D eigenvalue weighted by atomic mass is 16.3. The Labute approximate surface area is 91.2 Å². The summed E-state index contributed by atoms with van der Waals surface area (Å²) in [7, 11) is 0. The van der Waals surface area contributed by atoms with Crippen molar-refractivity contribution in [3.8, 4) is 0 Å². The highest BCUT2D eigenvalue weighted by Crippen LogP contribution is 2.36. The normalized spacial score (nSPS) is 33.5. The molecule has 0 saturated heterocycles. The van der Waals surface area contributed by atoms with E-state index in [1.54, 1.807) is 0 Å². The van der Waals surface area contributed by atoms with E-state index in [0.29, 0.717) is 0 Å². The molecule has 1 amide bonds. The second kappa shape index (κ2) is 4.12. The minimum Gasteiger partial charge on any atom is -0.394 e. The largest absolute Gasteiger partial charge is 0.394 e. The maximum atomic E-state index is 11.9. The zero-order valence-corrected chi connectivity index (χ0v) is 9.46. The summed E-state index contributed by atoms with van der Waals surface area (Å²) in [5.74, 6) is 1.15. The topological polar surface area (TPSA) is 49.3 Å². The summed E-state index contributed by atoms with van der Waals surface area (Å²) in [5.41, 5.74) is -0.236. The summed E-state index contributed by atoms with van der Waals surface area (Å²) in [5, 5.41) is 12.1. The Morgan fingerprint density at radius 2 is 1.93 bits per heavy atom. The molecule has 0 bridgehead atoms. The van der Waals surface area contributed by atoms with Crippen LogP contribution < -0.4 is 5.32 Å². The van der Waals surface area contributed by atoms with Gasteiger partial charge in [-0.1, -0.05) is 6.92 Å². The van der Waals surface area contributed by atoms with Gasteiger partial charge in [0.1, 0.15) is 0 Å². The molecule has 2 N–H and O–H groups in total. The van der Waals surface area contributed by atoms with Gasteiger partial charge in [-0.25, -0.2) is 0 Å². The van der Waals surface area contributed by atoms with Crippen LogP contribution in [0, 0.1) is 11.8 Å². The van der Waals surface area contributed by atoms with Crippen LogP contribution in [0.2, 0.25) is 0 Å². The van der Waals surface area contributed by atoms with Crippen LogP contribution in [-0.2, 0) is 4.79 Å². The third-order valence-electron chi connectivity index (χ3n) is 3.93. The Morgan fingerprint density at radius 1 is 1.33 bits per heavy atom. The zero-order valence-electron chi connectivity index (χ0n) is 9.46. The quantitative estimate of drug-likeness (QED) is 0.742. The fraction of sp³-hybridized carbons (Fsp3) is 0.917. The SMILES string of the molecule is CC1CCC(C(=O)NC2(CO)CC2)CC1. The molecule has 0 spiro atoms. The molecule has 0 heterocycles. The molecule has 2 saturated carbocycles. The van der Waals surface area contributed by atoms with Crippen molar-refractivity contribution in [1.82, 2.24) is 5.32 Å². The van der Waals surface area contributed by atoms with Crippen molar-refractivity contribution in [2.24, 2.45) is 11.8 Å². The van der Waals surface area contributed by atoms with Gasteiger partial charge in [-0.2, -0.15) is 0 Å². The Morgan fingerprint density at radius 3 is 2.40 bits per heavy atom. The van der Waals surface area contributed by atoms with Crippen LogP contribution in [0.5, 0.6) is 0 Å². The number of nitrogens with one attached hydrogen (secondary N) is 1. The predicted molar refractivity (Wildman–Crippen MR) is 58.3 cm³/mol. The molecule has 0 atom stereocenters. The first-order valence-corrected chi connectivity index (χ1v) is 6.08. The summed E-state index contributed by atoms with van der Waals surface area (Å²) >= 11 is 0. The van der Waals surface area contributed by atoms with Gasteiger partial charge in [-0.05, 0) is 44.4 Å². The minimum atomic E-state index is -0.236. The molecule has 0 aromatic heterocycles. The molecule has 0 aliphatic heterocycles. The Kier molecular flexibility index (Phi) is 3.01. The van der Waals surface area contributed by atoms with E-state index in [1.165, 1.54) is 12.8 Å². The van der Waals surface area contributed by atoms with Gasteiger partial charge in [0.25, 0.3) is 0 Å². The number of carbonyl (C=O) groups excluding carboxylic acids is 1. The van der Waals surface area contributed by atoms with Crippen LogP contribution >= 0.6 is 0 Å². The Hall–Kier alpha value is -0.570. The molecule has 3 heteroatoms. The number of aliphatic hydroxyl groups is 1. The number of rotatable bonds is 3. The molecule has 3 nitrogen and oxygen atoms in total. The number of amides is 1. The lowest BCUT2D eigenvalue weighted by molar-refractivity contribution is -0.127. The molecule has 0 unspecified atom stereocenters. The first kappa shape index (κ1) is 10.9. The molecule has 86 valence electrons. The summed E-state index contributed by atoms with van der Waals surface area (Å²) in [4.78, 5) is 11.9.